The van der Waals surface area contributed by atoms with E-state index in [9.17, 15) is 4.79 Å². The minimum Gasteiger partial charge on any atom is -0.478 e. The lowest BCUT2D eigenvalue weighted by atomic mass is 10.1. The highest BCUT2D eigenvalue weighted by molar-refractivity contribution is 5.95. The highest BCUT2D eigenvalue weighted by Crippen LogP contribution is 2.27. The summed E-state index contributed by atoms with van der Waals surface area (Å²) in [6.07, 6.45) is 3.88. The Hall–Kier alpha value is -1.97. The van der Waals surface area contributed by atoms with Crippen molar-refractivity contribution in [2.45, 2.75) is 13.3 Å². The van der Waals surface area contributed by atoms with Gasteiger partial charge in [-0.05, 0) is 18.6 Å². The Morgan fingerprint density at radius 1 is 1.60 bits per heavy atom. The van der Waals surface area contributed by atoms with E-state index in [1.54, 1.807) is 18.3 Å². The molecule has 2 heterocycles. The van der Waals surface area contributed by atoms with E-state index in [0.717, 1.165) is 0 Å². The molecule has 78 valence electrons. The van der Waals surface area contributed by atoms with E-state index in [-0.39, 0.29) is 5.56 Å². The number of carbonyl (C=O) groups is 1. The molecule has 0 saturated heterocycles. The van der Waals surface area contributed by atoms with Crippen LogP contribution < -0.4 is 0 Å². The van der Waals surface area contributed by atoms with Crippen molar-refractivity contribution in [2.75, 3.05) is 0 Å². The standard InChI is InChI=1S/C11H11NO3/c1-2-7-6-15-10(9(7)11(13)14)8-4-3-5-12-8/h3-6,12H,2H2,1H3,(H,13,14). The third-order valence-corrected chi connectivity index (χ3v) is 2.30. The second kappa shape index (κ2) is 3.65. The first-order valence-corrected chi connectivity index (χ1v) is 4.71. The highest BCUT2D eigenvalue weighted by Gasteiger charge is 2.20. The fraction of sp³-hybridized carbons (Fsp3) is 0.182. The minimum absolute atomic E-state index is 0.250. The summed E-state index contributed by atoms with van der Waals surface area (Å²) in [6, 6.07) is 3.58. The Morgan fingerprint density at radius 2 is 2.40 bits per heavy atom. The lowest BCUT2D eigenvalue weighted by Gasteiger charge is -1.97. The molecule has 0 fully saturated rings. The second-order valence-corrected chi connectivity index (χ2v) is 3.21. The first kappa shape index (κ1) is 9.58. The smallest absolute Gasteiger partial charge is 0.339 e. The number of aromatic amines is 1. The molecule has 0 saturated carbocycles. The fourth-order valence-electron chi connectivity index (χ4n) is 1.56. The molecule has 0 radical (unpaired) electrons. The van der Waals surface area contributed by atoms with Gasteiger partial charge < -0.3 is 14.5 Å². The molecule has 0 atom stereocenters. The van der Waals surface area contributed by atoms with Gasteiger partial charge in [0.25, 0.3) is 0 Å². The summed E-state index contributed by atoms with van der Waals surface area (Å²) >= 11 is 0. The zero-order valence-electron chi connectivity index (χ0n) is 8.28. The van der Waals surface area contributed by atoms with Crippen molar-refractivity contribution in [3.63, 3.8) is 0 Å². The summed E-state index contributed by atoms with van der Waals surface area (Å²) < 4.78 is 5.28. The summed E-state index contributed by atoms with van der Waals surface area (Å²) in [7, 11) is 0. The zero-order chi connectivity index (χ0) is 10.8. The molecule has 0 aliphatic heterocycles. The van der Waals surface area contributed by atoms with E-state index in [4.69, 9.17) is 9.52 Å². The van der Waals surface area contributed by atoms with Crippen molar-refractivity contribution in [1.29, 1.82) is 0 Å². The predicted molar refractivity (Wildman–Crippen MR) is 54.8 cm³/mol. The normalized spacial score (nSPS) is 10.5. The SMILES string of the molecule is CCc1coc(-c2ccc[nH]2)c1C(=O)O. The number of carboxylic acids is 1. The Labute approximate surface area is 86.5 Å². The molecule has 15 heavy (non-hydrogen) atoms. The molecule has 2 rings (SSSR count). The van der Waals surface area contributed by atoms with Crippen LogP contribution in [0.1, 0.15) is 22.8 Å². The van der Waals surface area contributed by atoms with E-state index in [1.165, 1.54) is 6.26 Å². The van der Waals surface area contributed by atoms with Gasteiger partial charge in [-0.15, -0.1) is 0 Å². The monoisotopic (exact) mass is 205 g/mol. The largest absolute Gasteiger partial charge is 0.478 e. The van der Waals surface area contributed by atoms with E-state index >= 15 is 0 Å². The summed E-state index contributed by atoms with van der Waals surface area (Å²) in [5.41, 5.74) is 1.65. The third kappa shape index (κ3) is 1.54. The summed E-state index contributed by atoms with van der Waals surface area (Å²) in [4.78, 5) is 14.0. The molecule has 0 unspecified atom stereocenters. The quantitative estimate of drug-likeness (QED) is 0.809. The Bertz CT molecular complexity index is 468. The van der Waals surface area contributed by atoms with Crippen LogP contribution in [0, 0.1) is 0 Å². The van der Waals surface area contributed by atoms with Crippen LogP contribution >= 0.6 is 0 Å². The average molecular weight is 205 g/mol. The molecule has 2 N–H and O–H groups in total. The predicted octanol–water partition coefficient (Wildman–Crippen LogP) is 2.54. The number of aromatic carboxylic acids is 1. The number of aryl methyl sites for hydroxylation is 1. The number of aromatic nitrogens is 1. The number of hydrogen-bond acceptors (Lipinski definition) is 2. The maximum atomic E-state index is 11.1. The molecule has 0 amide bonds. The molecule has 0 bridgehead atoms. The number of H-pyrrole nitrogens is 1. The number of carboxylic acid groups (broad SMARTS) is 1. The highest BCUT2D eigenvalue weighted by atomic mass is 16.4. The molecule has 0 spiro atoms. The van der Waals surface area contributed by atoms with Crippen LogP contribution in [0.3, 0.4) is 0 Å². The average Bonchev–Trinajstić information content (AvgIpc) is 2.85. The molecular formula is C11H11NO3. The maximum Gasteiger partial charge on any atom is 0.339 e. The molecule has 2 aromatic heterocycles. The summed E-state index contributed by atoms with van der Waals surface area (Å²) in [6.45, 7) is 1.90. The van der Waals surface area contributed by atoms with Crippen molar-refractivity contribution in [3.8, 4) is 11.5 Å². The zero-order valence-corrected chi connectivity index (χ0v) is 8.28. The van der Waals surface area contributed by atoms with Crippen LogP contribution in [0.2, 0.25) is 0 Å². The third-order valence-electron chi connectivity index (χ3n) is 2.30. The van der Waals surface area contributed by atoms with Gasteiger partial charge in [-0.3, -0.25) is 0 Å². The molecule has 4 nitrogen and oxygen atoms in total. The van der Waals surface area contributed by atoms with Gasteiger partial charge in [0.05, 0.1) is 12.0 Å². The van der Waals surface area contributed by atoms with E-state index in [2.05, 4.69) is 4.98 Å². The van der Waals surface area contributed by atoms with Crippen LogP contribution in [0.25, 0.3) is 11.5 Å². The van der Waals surface area contributed by atoms with Crippen LogP contribution in [0.4, 0.5) is 0 Å². The van der Waals surface area contributed by atoms with Crippen LogP contribution in [0.15, 0.2) is 29.0 Å². The number of hydrogen-bond donors (Lipinski definition) is 2. The van der Waals surface area contributed by atoms with Crippen molar-refractivity contribution in [1.82, 2.24) is 4.98 Å². The Kier molecular flexibility index (Phi) is 2.33. The molecule has 0 aliphatic carbocycles. The lowest BCUT2D eigenvalue weighted by Crippen LogP contribution is -2.00. The molecule has 0 aliphatic rings. The summed E-state index contributed by atoms with van der Waals surface area (Å²) in [5.74, 6) is -0.561. The first-order chi connectivity index (χ1) is 7.24. The van der Waals surface area contributed by atoms with Crippen molar-refractivity contribution in [2.24, 2.45) is 0 Å². The van der Waals surface area contributed by atoms with E-state index in [0.29, 0.717) is 23.4 Å². The van der Waals surface area contributed by atoms with E-state index in [1.807, 2.05) is 6.92 Å². The van der Waals surface area contributed by atoms with Gasteiger partial charge in [0.2, 0.25) is 0 Å². The van der Waals surface area contributed by atoms with Crippen LogP contribution in [-0.4, -0.2) is 16.1 Å². The number of nitrogens with one attached hydrogen (secondary N) is 1. The van der Waals surface area contributed by atoms with Crippen molar-refractivity contribution < 1.29 is 14.3 Å². The van der Waals surface area contributed by atoms with Crippen molar-refractivity contribution >= 4 is 5.97 Å². The van der Waals surface area contributed by atoms with Gasteiger partial charge in [0, 0.05) is 11.8 Å². The van der Waals surface area contributed by atoms with Gasteiger partial charge in [0.1, 0.15) is 5.56 Å². The Morgan fingerprint density at radius 3 is 2.93 bits per heavy atom. The lowest BCUT2D eigenvalue weighted by molar-refractivity contribution is 0.0696. The van der Waals surface area contributed by atoms with E-state index < -0.39 is 5.97 Å². The minimum atomic E-state index is -0.954. The molecule has 4 heteroatoms. The van der Waals surface area contributed by atoms with Crippen LogP contribution in [0.5, 0.6) is 0 Å². The van der Waals surface area contributed by atoms with Gasteiger partial charge in [0.15, 0.2) is 5.76 Å². The second-order valence-electron chi connectivity index (χ2n) is 3.21. The van der Waals surface area contributed by atoms with Gasteiger partial charge >= 0.3 is 5.97 Å². The molecule has 0 aromatic carbocycles. The Balaban J connectivity index is 2.58. The molecular weight excluding hydrogens is 194 g/mol. The van der Waals surface area contributed by atoms with Crippen molar-refractivity contribution in [3.05, 3.63) is 35.7 Å². The molecule has 2 aromatic rings. The number of furan rings is 1. The van der Waals surface area contributed by atoms with Gasteiger partial charge in [-0.1, -0.05) is 6.92 Å². The van der Waals surface area contributed by atoms with Crippen LogP contribution in [-0.2, 0) is 6.42 Å². The topological polar surface area (TPSA) is 66.2 Å². The summed E-state index contributed by atoms with van der Waals surface area (Å²) in [5, 5.41) is 9.09. The van der Waals surface area contributed by atoms with Gasteiger partial charge in [-0.25, -0.2) is 4.79 Å². The first-order valence-electron chi connectivity index (χ1n) is 4.71. The van der Waals surface area contributed by atoms with Gasteiger partial charge in [-0.2, -0.15) is 0 Å². The fourth-order valence-corrected chi connectivity index (χ4v) is 1.56. The maximum absolute atomic E-state index is 11.1. The number of rotatable bonds is 3.